The molecule has 3 amide bonds. The highest BCUT2D eigenvalue weighted by atomic mass is 32.7. The fraction of sp³-hybridized carbons (Fsp3) is 0.590. The van der Waals surface area contributed by atoms with Gasteiger partial charge in [0, 0.05) is 19.2 Å². The van der Waals surface area contributed by atoms with E-state index < -0.39 is 82.0 Å². The maximum atomic E-state index is 16.4. The van der Waals surface area contributed by atoms with E-state index in [1.165, 1.54) is 45.9 Å². The van der Waals surface area contributed by atoms with Crippen molar-refractivity contribution in [2.24, 2.45) is 0 Å². The number of aromatic nitrogens is 8. The molecule has 35 heteroatoms. The van der Waals surface area contributed by atoms with Crippen molar-refractivity contribution in [3.05, 3.63) is 37.5 Å². The molecule has 404 valence electrons. The van der Waals surface area contributed by atoms with Crippen LogP contribution >= 0.6 is 25.8 Å². The second-order valence-corrected chi connectivity index (χ2v) is 21.9. The van der Waals surface area contributed by atoms with E-state index in [2.05, 4.69) is 42.2 Å². The van der Waals surface area contributed by atoms with Gasteiger partial charge >= 0.3 is 19.7 Å². The Bertz CT molecular complexity index is 2770. The van der Waals surface area contributed by atoms with Crippen molar-refractivity contribution in [1.29, 1.82) is 0 Å². The second-order valence-electron chi connectivity index (χ2n) is 16.3. The van der Waals surface area contributed by atoms with Gasteiger partial charge in [-0.3, -0.25) is 42.0 Å². The minimum atomic E-state index is -4.54. The van der Waals surface area contributed by atoms with E-state index in [-0.39, 0.29) is 111 Å². The van der Waals surface area contributed by atoms with Gasteiger partial charge in [-0.25, -0.2) is 43.7 Å². The van der Waals surface area contributed by atoms with Crippen LogP contribution in [0.5, 0.6) is 0 Å². The summed E-state index contributed by atoms with van der Waals surface area (Å²) in [6, 6.07) is 0. The first-order valence-corrected chi connectivity index (χ1v) is 27.8. The fourth-order valence-electron chi connectivity index (χ4n) is 7.77. The normalized spacial score (nSPS) is 28.3. The topological polar surface area (TPSA) is 362 Å². The van der Waals surface area contributed by atoms with Crippen LogP contribution in [0.4, 0.5) is 20.8 Å². The van der Waals surface area contributed by atoms with E-state index in [4.69, 9.17) is 79.3 Å². The molecule has 10 atom stereocenters. The molecule has 3 saturated heterocycles. The number of likely N-dealkylation sites (N-methyl/N-ethyl adjacent to an activating group) is 1. The number of thiol groups is 1. The smallest absolute Gasteiger partial charge is 0.432 e. The molecular weight excluding hydrogens is 1070 g/mol. The number of imidazole rings is 2. The van der Waals surface area contributed by atoms with Crippen LogP contribution in [0.3, 0.4) is 0 Å². The predicted molar refractivity (Wildman–Crippen MR) is 255 cm³/mol. The third-order valence-corrected chi connectivity index (χ3v) is 14.6. The van der Waals surface area contributed by atoms with Gasteiger partial charge in [-0.15, -0.1) is 0 Å². The molecule has 4 aromatic heterocycles. The van der Waals surface area contributed by atoms with Gasteiger partial charge in [-0.2, -0.15) is 0 Å². The molecule has 0 spiro atoms. The van der Waals surface area contributed by atoms with Crippen molar-refractivity contribution in [3.8, 4) is 0 Å². The summed E-state index contributed by atoms with van der Waals surface area (Å²) in [6.07, 6.45) is -6.75. The molecule has 8 heterocycles. The summed E-state index contributed by atoms with van der Waals surface area (Å²) < 4.78 is 101. The van der Waals surface area contributed by atoms with Crippen molar-refractivity contribution in [3.63, 3.8) is 0 Å². The lowest BCUT2D eigenvalue weighted by molar-refractivity contribution is -0.137. The lowest BCUT2D eigenvalue weighted by Gasteiger charge is -2.30. The summed E-state index contributed by atoms with van der Waals surface area (Å²) >= 11 is 9.53. The number of rotatable bonds is 21. The first kappa shape index (κ1) is 55.3. The Kier molecular flexibility index (Phi) is 18.5. The number of carbonyl (C=O) groups is 4. The van der Waals surface area contributed by atoms with E-state index >= 15 is 4.39 Å². The Morgan fingerprint density at radius 3 is 1.96 bits per heavy atom. The predicted octanol–water partition coefficient (Wildman–Crippen LogP) is 0.397. The summed E-state index contributed by atoms with van der Waals surface area (Å²) in [5, 5.41) is 0. The number of nitrogen functional groups attached to an aromatic ring is 2. The van der Waals surface area contributed by atoms with Crippen LogP contribution in [0, 0.1) is 0 Å². The minimum absolute atomic E-state index is 0.00346. The SMILES string of the molecule is CN(CCOC(=O)O[C@@H]1[C@@H]2OP(O)(=S)OC[C@H]3O[C@@H](n4cnc5c(N)ncnc54)[C@H](F)[C@@H]3OP(=O)(S)OCC2O[C@H]1n1cnc2c(N)ncnc21)C(=O)CCOCCOCCOCCOCCN1C(=O)C=CC1=O. The standard InChI is InChI=1S/C39H51FN12O18P2S2/c1-49(24(53)4-7-59-10-12-61-14-15-62-13-11-60-8-6-50-25(54)2-3-26(50)55)5-9-63-39(56)68-32-31-23(67-38(32)52-21-48-29-34(42)44-19-46-36(29)52)17-65-71(57,73)69-30-22(16-64-72(58,74)70-31)66-37(27(30)40)51-20-47-28-33(41)43-18-45-35(28)51/h2-3,18-23,27,30-32,37-38H,4-17H2,1H3,(H,57,73)(H,58,74)(H2,41,43,45)(H2,42,44,46)/t22-,23?,27-,30-,31-,32-,37-,38-,71?,72?/m1/s1. The minimum Gasteiger partial charge on any atom is -0.432 e. The Labute approximate surface area is 429 Å². The molecule has 0 bridgehead atoms. The number of fused-ring (bicyclic) bond motifs is 4. The van der Waals surface area contributed by atoms with Crippen LogP contribution in [0.1, 0.15) is 18.9 Å². The van der Waals surface area contributed by atoms with Crippen LogP contribution in [-0.4, -0.2) is 207 Å². The number of amides is 3. The third kappa shape index (κ3) is 13.5. The van der Waals surface area contributed by atoms with Gasteiger partial charge < -0.3 is 63.7 Å². The molecule has 0 aliphatic carbocycles. The Hall–Kier alpha value is -4.96. The van der Waals surface area contributed by atoms with Crippen molar-refractivity contribution < 1.29 is 89.0 Å². The third-order valence-electron chi connectivity index (χ3n) is 11.4. The number of ether oxygens (including phenoxy) is 8. The number of hydrogen-bond acceptors (Lipinski definition) is 26. The molecule has 30 nitrogen and oxygen atoms in total. The van der Waals surface area contributed by atoms with Gasteiger partial charge in [0.1, 0.15) is 54.7 Å². The highest BCUT2D eigenvalue weighted by Crippen LogP contribution is 2.59. The van der Waals surface area contributed by atoms with E-state index in [0.717, 1.165) is 17.6 Å². The number of imide groups is 1. The number of nitrogens with two attached hydrogens (primary N) is 2. The molecule has 5 N–H and O–H groups in total. The van der Waals surface area contributed by atoms with Crippen molar-refractivity contribution in [2.75, 3.05) is 104 Å². The average Bonchev–Trinajstić information content (AvgIpc) is 4.19. The monoisotopic (exact) mass is 1120 g/mol. The van der Waals surface area contributed by atoms with Gasteiger partial charge in [-0.05, 0) is 11.8 Å². The summed E-state index contributed by atoms with van der Waals surface area (Å²) in [4.78, 5) is 87.9. The second kappa shape index (κ2) is 24.8. The first-order valence-electron chi connectivity index (χ1n) is 22.5. The molecule has 4 aliphatic rings. The molecular formula is C39H51FN12O18P2S2. The molecule has 4 aromatic rings. The maximum absolute atomic E-state index is 16.4. The zero-order valence-corrected chi connectivity index (χ0v) is 42.6. The van der Waals surface area contributed by atoms with Crippen molar-refractivity contribution in [2.45, 2.75) is 55.6 Å². The molecule has 0 radical (unpaired) electrons. The molecule has 74 heavy (non-hydrogen) atoms. The van der Waals surface area contributed by atoms with Gasteiger partial charge in [0.15, 0.2) is 47.7 Å². The van der Waals surface area contributed by atoms with Crippen LogP contribution in [0.2, 0.25) is 0 Å². The van der Waals surface area contributed by atoms with Crippen LogP contribution in [0.15, 0.2) is 37.5 Å². The number of anilines is 2. The van der Waals surface area contributed by atoms with E-state index in [9.17, 15) is 28.6 Å². The Balaban J connectivity index is 0.821. The summed E-state index contributed by atoms with van der Waals surface area (Å²) in [5.74, 6) is -1.03. The zero-order chi connectivity index (χ0) is 52.6. The molecule has 0 saturated carbocycles. The van der Waals surface area contributed by atoms with E-state index in [1.807, 2.05) is 0 Å². The van der Waals surface area contributed by atoms with Crippen molar-refractivity contribution in [1.82, 2.24) is 48.8 Å². The van der Waals surface area contributed by atoms with Crippen molar-refractivity contribution >= 4 is 95.4 Å². The van der Waals surface area contributed by atoms with Crippen LogP contribution < -0.4 is 11.5 Å². The largest absolute Gasteiger partial charge is 0.508 e. The Morgan fingerprint density at radius 2 is 1.34 bits per heavy atom. The maximum Gasteiger partial charge on any atom is 0.508 e. The van der Waals surface area contributed by atoms with E-state index in [1.54, 1.807) is 0 Å². The molecule has 0 aromatic carbocycles. The van der Waals surface area contributed by atoms with Gasteiger partial charge in [0.05, 0.1) is 98.2 Å². The van der Waals surface area contributed by atoms with Gasteiger partial charge in [0.2, 0.25) is 5.91 Å². The number of halogens is 1. The fourth-order valence-corrected chi connectivity index (χ4v) is 10.7. The molecule has 3 fully saturated rings. The number of alkyl halides is 1. The summed E-state index contributed by atoms with van der Waals surface area (Å²) in [5.41, 5.74) is 12.5. The average molecular weight is 1120 g/mol. The lowest BCUT2D eigenvalue weighted by Crippen LogP contribution is -2.40. The lowest BCUT2D eigenvalue weighted by atomic mass is 10.1. The van der Waals surface area contributed by atoms with Gasteiger partial charge in [0.25, 0.3) is 11.8 Å². The molecule has 3 unspecified atom stereocenters. The van der Waals surface area contributed by atoms with Crippen LogP contribution in [0.25, 0.3) is 22.3 Å². The zero-order valence-electron chi connectivity index (χ0n) is 39.1. The highest BCUT2D eigenvalue weighted by molar-refractivity contribution is 8.44. The quantitative estimate of drug-likeness (QED) is 0.0288. The summed E-state index contributed by atoms with van der Waals surface area (Å²) in [7, 11) is 1.50. The Morgan fingerprint density at radius 1 is 0.797 bits per heavy atom. The molecule has 4 aliphatic heterocycles. The summed E-state index contributed by atoms with van der Waals surface area (Å²) in [6.45, 7) is -8.72. The first-order chi connectivity index (χ1) is 35.5. The van der Waals surface area contributed by atoms with E-state index in [0.29, 0.717) is 19.8 Å². The van der Waals surface area contributed by atoms with Gasteiger partial charge in [-0.1, -0.05) is 12.2 Å². The number of hydrogen-bond donors (Lipinski definition) is 4. The highest BCUT2D eigenvalue weighted by Gasteiger charge is 2.55. The van der Waals surface area contributed by atoms with Crippen LogP contribution in [-0.2, 0) is 86.7 Å². The number of carbonyl (C=O) groups excluding carboxylic acids is 4. The molecule has 8 rings (SSSR count). The number of nitrogens with zero attached hydrogens (tertiary/aromatic N) is 10.